The third-order valence-electron chi connectivity index (χ3n) is 3.55. The minimum absolute atomic E-state index is 0.0413. The molecule has 7 heteroatoms. The van der Waals surface area contributed by atoms with Crippen LogP contribution in [0.5, 0.6) is 0 Å². The lowest BCUT2D eigenvalue weighted by Gasteiger charge is -2.09. The van der Waals surface area contributed by atoms with Gasteiger partial charge in [0.15, 0.2) is 0 Å². The lowest BCUT2D eigenvalue weighted by atomic mass is 9.97. The van der Waals surface area contributed by atoms with E-state index in [-0.39, 0.29) is 10.9 Å². The van der Waals surface area contributed by atoms with E-state index in [0.717, 1.165) is 22.9 Å². The number of nitrogens with zero attached hydrogens (tertiary/aromatic N) is 2. The minimum Gasteiger partial charge on any atom is -0.403 e. The van der Waals surface area contributed by atoms with Crippen molar-refractivity contribution in [1.82, 2.24) is 9.97 Å². The predicted octanol–water partition coefficient (Wildman–Crippen LogP) is 2.27. The summed E-state index contributed by atoms with van der Waals surface area (Å²) in [5.41, 5.74) is 2.50. The molecule has 118 valence electrons. The number of sulfone groups is 1. The molecule has 0 bridgehead atoms. The molecule has 0 radical (unpaired) electrons. The van der Waals surface area contributed by atoms with Crippen LogP contribution in [0.4, 0.5) is 0 Å². The fourth-order valence-electron chi connectivity index (χ4n) is 2.49. The Labute approximate surface area is 132 Å². The van der Waals surface area contributed by atoms with E-state index in [2.05, 4.69) is 9.97 Å². The summed E-state index contributed by atoms with van der Waals surface area (Å²) >= 11 is 0. The molecule has 2 aromatic heterocycles. The van der Waals surface area contributed by atoms with Crippen molar-refractivity contribution in [2.24, 2.45) is 0 Å². The maximum atomic E-state index is 12.3. The zero-order valence-corrected chi connectivity index (χ0v) is 13.6. The zero-order valence-electron chi connectivity index (χ0n) is 12.8. The van der Waals surface area contributed by atoms with Gasteiger partial charge in [0.05, 0.1) is 10.9 Å². The molecule has 0 aliphatic rings. The quantitative estimate of drug-likeness (QED) is 0.670. The van der Waals surface area contributed by atoms with Crippen molar-refractivity contribution in [3.8, 4) is 11.1 Å². The van der Waals surface area contributed by atoms with Crippen molar-refractivity contribution >= 4 is 20.9 Å². The number of benzene rings is 1. The fraction of sp³-hybridized carbons (Fsp3) is 0.188. The van der Waals surface area contributed by atoms with Crippen molar-refractivity contribution in [2.45, 2.75) is 19.0 Å². The Morgan fingerprint density at radius 2 is 1.78 bits per heavy atom. The van der Waals surface area contributed by atoms with Crippen LogP contribution in [0.3, 0.4) is 0 Å². The fourth-order valence-corrected chi connectivity index (χ4v) is 2.98. The first-order valence-electron chi connectivity index (χ1n) is 6.85. The lowest BCUT2D eigenvalue weighted by molar-refractivity contribution is 0.542. The lowest BCUT2D eigenvalue weighted by Crippen LogP contribution is -2.08. The first kappa shape index (κ1) is 15.4. The summed E-state index contributed by atoms with van der Waals surface area (Å²) < 4.78 is 28.2. The summed E-state index contributed by atoms with van der Waals surface area (Å²) in [6, 6.07) is 7.37. The van der Waals surface area contributed by atoms with Crippen LogP contribution in [0.2, 0.25) is 0 Å². The molecule has 0 fully saturated rings. The molecular weight excluding hydrogens is 316 g/mol. The standard InChI is InChI=1S/C16H14N2O4S/c1-9-5-4-6-10(2)13(9)12-7-11-8-17-16(23(3,20)21)18-14(11)22-15(12)19/h4-8H,1-3H3. The summed E-state index contributed by atoms with van der Waals surface area (Å²) in [4.78, 5) is 20.0. The molecule has 23 heavy (non-hydrogen) atoms. The first-order chi connectivity index (χ1) is 10.8. The van der Waals surface area contributed by atoms with Crippen LogP contribution in [0.1, 0.15) is 11.1 Å². The molecule has 1 aromatic carbocycles. The average molecular weight is 330 g/mol. The Morgan fingerprint density at radius 1 is 1.13 bits per heavy atom. The maximum absolute atomic E-state index is 12.3. The van der Waals surface area contributed by atoms with Crippen molar-refractivity contribution in [1.29, 1.82) is 0 Å². The minimum atomic E-state index is -3.57. The van der Waals surface area contributed by atoms with E-state index in [1.54, 1.807) is 6.07 Å². The summed E-state index contributed by atoms with van der Waals surface area (Å²) in [6.45, 7) is 3.82. The van der Waals surface area contributed by atoms with Crippen molar-refractivity contribution in [3.05, 3.63) is 52.0 Å². The van der Waals surface area contributed by atoms with Gasteiger partial charge in [-0.2, -0.15) is 4.98 Å². The molecule has 0 amide bonds. The average Bonchev–Trinajstić information content (AvgIpc) is 2.46. The molecular formula is C16H14N2O4S. The highest BCUT2D eigenvalue weighted by Gasteiger charge is 2.16. The zero-order chi connectivity index (χ0) is 16.8. The normalized spacial score (nSPS) is 11.8. The van der Waals surface area contributed by atoms with Crippen LogP contribution in [0.15, 0.2) is 44.8 Å². The molecule has 0 aliphatic carbocycles. The van der Waals surface area contributed by atoms with Gasteiger partial charge < -0.3 is 4.42 Å². The van der Waals surface area contributed by atoms with Gasteiger partial charge in [0.2, 0.25) is 20.7 Å². The Morgan fingerprint density at radius 3 is 2.39 bits per heavy atom. The summed E-state index contributed by atoms with van der Waals surface area (Å²) in [6.07, 6.45) is 2.34. The van der Waals surface area contributed by atoms with E-state index in [1.165, 1.54) is 6.20 Å². The van der Waals surface area contributed by atoms with Crippen LogP contribution in [-0.4, -0.2) is 24.6 Å². The molecule has 6 nitrogen and oxygen atoms in total. The van der Waals surface area contributed by atoms with Crippen LogP contribution < -0.4 is 5.63 Å². The molecule has 0 saturated carbocycles. The molecule has 0 atom stereocenters. The Hall–Kier alpha value is -2.54. The van der Waals surface area contributed by atoms with Crippen LogP contribution >= 0.6 is 0 Å². The van der Waals surface area contributed by atoms with Crippen LogP contribution in [-0.2, 0) is 9.84 Å². The maximum Gasteiger partial charge on any atom is 0.345 e. The van der Waals surface area contributed by atoms with E-state index in [9.17, 15) is 13.2 Å². The third kappa shape index (κ3) is 2.75. The SMILES string of the molecule is Cc1cccc(C)c1-c1cc2cnc(S(C)(=O)=O)nc2oc1=O. The van der Waals surface area contributed by atoms with Gasteiger partial charge >= 0.3 is 5.63 Å². The Kier molecular flexibility index (Phi) is 3.52. The van der Waals surface area contributed by atoms with Gasteiger partial charge in [-0.25, -0.2) is 18.2 Å². The predicted molar refractivity (Wildman–Crippen MR) is 86.1 cm³/mol. The molecule has 0 N–H and O–H groups in total. The van der Waals surface area contributed by atoms with Crippen molar-refractivity contribution in [3.63, 3.8) is 0 Å². The van der Waals surface area contributed by atoms with Gasteiger partial charge in [0.1, 0.15) is 0 Å². The molecule has 0 saturated heterocycles. The van der Waals surface area contributed by atoms with Gasteiger partial charge in [-0.05, 0) is 36.6 Å². The molecule has 0 aliphatic heterocycles. The number of hydrogen-bond acceptors (Lipinski definition) is 6. The van der Waals surface area contributed by atoms with Gasteiger partial charge in [-0.3, -0.25) is 0 Å². The summed E-state index contributed by atoms with van der Waals surface area (Å²) in [7, 11) is -3.57. The molecule has 3 rings (SSSR count). The topological polar surface area (TPSA) is 90.1 Å². The summed E-state index contributed by atoms with van der Waals surface area (Å²) in [5, 5.41) is 0.0997. The number of fused-ring (bicyclic) bond motifs is 1. The Balaban J connectivity index is 2.30. The summed E-state index contributed by atoms with van der Waals surface area (Å²) in [5.74, 6) is 0. The van der Waals surface area contributed by atoms with Gasteiger partial charge in [-0.15, -0.1) is 0 Å². The van der Waals surface area contributed by atoms with Gasteiger partial charge in [0, 0.05) is 12.5 Å². The molecule has 2 heterocycles. The van der Waals surface area contributed by atoms with E-state index in [1.807, 2.05) is 32.0 Å². The molecule has 0 unspecified atom stereocenters. The number of aryl methyl sites for hydroxylation is 2. The van der Waals surface area contributed by atoms with Crippen molar-refractivity contribution in [2.75, 3.05) is 6.26 Å². The number of hydrogen-bond donors (Lipinski definition) is 0. The molecule has 0 spiro atoms. The smallest absolute Gasteiger partial charge is 0.345 e. The first-order valence-corrected chi connectivity index (χ1v) is 8.74. The number of rotatable bonds is 2. The number of aromatic nitrogens is 2. The second kappa shape index (κ2) is 5.27. The largest absolute Gasteiger partial charge is 0.403 e. The van der Waals surface area contributed by atoms with E-state index >= 15 is 0 Å². The van der Waals surface area contributed by atoms with Gasteiger partial charge in [-0.1, -0.05) is 18.2 Å². The van der Waals surface area contributed by atoms with Crippen LogP contribution in [0, 0.1) is 13.8 Å². The van der Waals surface area contributed by atoms with Crippen molar-refractivity contribution < 1.29 is 12.8 Å². The highest BCUT2D eigenvalue weighted by molar-refractivity contribution is 7.90. The van der Waals surface area contributed by atoms with E-state index in [4.69, 9.17) is 4.42 Å². The second-order valence-electron chi connectivity index (χ2n) is 5.40. The molecule has 3 aromatic rings. The highest BCUT2D eigenvalue weighted by atomic mass is 32.2. The van der Waals surface area contributed by atoms with E-state index in [0.29, 0.717) is 10.9 Å². The Bertz CT molecular complexity index is 1060. The second-order valence-corrected chi connectivity index (χ2v) is 7.31. The highest BCUT2D eigenvalue weighted by Crippen LogP contribution is 2.26. The van der Waals surface area contributed by atoms with Crippen LogP contribution in [0.25, 0.3) is 22.2 Å². The third-order valence-corrected chi connectivity index (χ3v) is 4.41. The van der Waals surface area contributed by atoms with Gasteiger partial charge in [0.25, 0.3) is 0 Å². The van der Waals surface area contributed by atoms with E-state index < -0.39 is 15.5 Å². The monoisotopic (exact) mass is 330 g/mol.